The van der Waals surface area contributed by atoms with Gasteiger partial charge in [-0.2, -0.15) is 0 Å². The molecule has 1 aromatic heterocycles. The van der Waals surface area contributed by atoms with Crippen molar-refractivity contribution in [1.82, 2.24) is 25.6 Å². The largest absolute Gasteiger partial charge is 0.491 e. The molecular weight excluding hydrogens is 318 g/mol. The van der Waals surface area contributed by atoms with Gasteiger partial charge in [-0.15, -0.1) is 5.10 Å². The van der Waals surface area contributed by atoms with E-state index in [0.29, 0.717) is 17.9 Å². The molecule has 136 valence electrons. The lowest BCUT2D eigenvalue weighted by Crippen LogP contribution is -2.39. The van der Waals surface area contributed by atoms with Gasteiger partial charge in [0.1, 0.15) is 5.75 Å². The van der Waals surface area contributed by atoms with Crippen LogP contribution < -0.4 is 15.4 Å². The maximum absolute atomic E-state index is 12.3. The molecule has 0 aliphatic rings. The molecule has 0 unspecified atom stereocenters. The fourth-order valence-corrected chi connectivity index (χ4v) is 2.47. The van der Waals surface area contributed by atoms with Gasteiger partial charge in [-0.3, -0.25) is 4.79 Å². The highest BCUT2D eigenvalue weighted by Gasteiger charge is 2.17. The first kappa shape index (κ1) is 18.9. The molecule has 2 rings (SSSR count). The van der Waals surface area contributed by atoms with Gasteiger partial charge < -0.3 is 15.4 Å². The summed E-state index contributed by atoms with van der Waals surface area (Å²) in [5.74, 6) is 0.583. The van der Waals surface area contributed by atoms with Crippen LogP contribution in [0.1, 0.15) is 43.9 Å². The van der Waals surface area contributed by atoms with Gasteiger partial charge in [0.05, 0.1) is 17.5 Å². The first-order valence-electron chi connectivity index (χ1n) is 8.63. The lowest BCUT2D eigenvalue weighted by Gasteiger charge is -2.12. The normalized spacial score (nSPS) is 12.2. The summed E-state index contributed by atoms with van der Waals surface area (Å²) in [5.41, 5.74) is 1.87. The lowest BCUT2D eigenvalue weighted by atomic mass is 10.2. The first-order valence-corrected chi connectivity index (χ1v) is 8.63. The minimum absolute atomic E-state index is 0.124. The zero-order valence-corrected chi connectivity index (χ0v) is 15.5. The number of ether oxygens (including phenoxy) is 1. The van der Waals surface area contributed by atoms with E-state index in [1.807, 2.05) is 58.9 Å². The van der Waals surface area contributed by atoms with Gasteiger partial charge in [0, 0.05) is 12.6 Å². The average Bonchev–Trinajstić information content (AvgIpc) is 2.95. The predicted octanol–water partition coefficient (Wildman–Crippen LogP) is 2.09. The molecule has 1 aromatic carbocycles. The Balaban J connectivity index is 2.08. The number of amides is 1. The van der Waals surface area contributed by atoms with Gasteiger partial charge in [-0.05, 0) is 58.5 Å². The van der Waals surface area contributed by atoms with E-state index >= 15 is 0 Å². The quantitative estimate of drug-likeness (QED) is 0.766. The second-order valence-electron chi connectivity index (χ2n) is 6.26. The van der Waals surface area contributed by atoms with Crippen LogP contribution in [0.2, 0.25) is 0 Å². The molecule has 1 heterocycles. The Labute approximate surface area is 148 Å². The predicted molar refractivity (Wildman–Crippen MR) is 97.3 cm³/mol. The third-order valence-corrected chi connectivity index (χ3v) is 3.68. The lowest BCUT2D eigenvalue weighted by molar-refractivity contribution is 0.0944. The monoisotopic (exact) mass is 345 g/mol. The number of carbonyl (C=O) groups is 1. The number of hydrogen-bond acceptors (Lipinski definition) is 5. The van der Waals surface area contributed by atoms with E-state index in [1.165, 1.54) is 0 Å². The second kappa shape index (κ2) is 8.62. The Morgan fingerprint density at radius 1 is 1.24 bits per heavy atom. The van der Waals surface area contributed by atoms with Crippen molar-refractivity contribution in [2.45, 2.75) is 46.8 Å². The van der Waals surface area contributed by atoms with Crippen molar-refractivity contribution in [2.24, 2.45) is 0 Å². The Morgan fingerprint density at radius 3 is 2.52 bits per heavy atom. The number of rotatable bonds is 8. The van der Waals surface area contributed by atoms with Crippen LogP contribution in [0.15, 0.2) is 24.3 Å². The molecule has 2 aromatic rings. The van der Waals surface area contributed by atoms with Crippen LogP contribution >= 0.6 is 0 Å². The molecule has 0 spiro atoms. The van der Waals surface area contributed by atoms with Gasteiger partial charge in [-0.1, -0.05) is 12.1 Å². The van der Waals surface area contributed by atoms with E-state index in [0.717, 1.165) is 18.0 Å². The number of benzene rings is 1. The summed E-state index contributed by atoms with van der Waals surface area (Å²) in [6.07, 6.45) is 0.124. The van der Waals surface area contributed by atoms with Crippen molar-refractivity contribution < 1.29 is 9.53 Å². The van der Waals surface area contributed by atoms with Crippen molar-refractivity contribution in [1.29, 1.82) is 0 Å². The number of likely N-dealkylation sites (N-methyl/N-ethyl adjacent to an activating group) is 1. The van der Waals surface area contributed by atoms with Gasteiger partial charge >= 0.3 is 0 Å². The fraction of sp³-hybridized carbons (Fsp3) is 0.500. The van der Waals surface area contributed by atoms with Gasteiger partial charge in [0.2, 0.25) is 0 Å². The minimum Gasteiger partial charge on any atom is -0.491 e. The van der Waals surface area contributed by atoms with Gasteiger partial charge in [0.15, 0.2) is 5.69 Å². The van der Waals surface area contributed by atoms with E-state index in [9.17, 15) is 4.79 Å². The molecule has 25 heavy (non-hydrogen) atoms. The molecule has 0 saturated heterocycles. The summed E-state index contributed by atoms with van der Waals surface area (Å²) in [7, 11) is 0. The summed E-state index contributed by atoms with van der Waals surface area (Å²) >= 11 is 0. The van der Waals surface area contributed by atoms with E-state index in [2.05, 4.69) is 20.9 Å². The summed E-state index contributed by atoms with van der Waals surface area (Å²) in [5, 5.41) is 14.3. The van der Waals surface area contributed by atoms with Crippen molar-refractivity contribution in [2.75, 3.05) is 13.1 Å². The molecule has 0 aliphatic carbocycles. The first-order chi connectivity index (χ1) is 11.9. The Kier molecular flexibility index (Phi) is 6.52. The molecule has 7 nitrogen and oxygen atoms in total. The van der Waals surface area contributed by atoms with E-state index < -0.39 is 0 Å². The average molecular weight is 345 g/mol. The fourth-order valence-electron chi connectivity index (χ4n) is 2.47. The zero-order valence-electron chi connectivity index (χ0n) is 15.5. The number of nitrogens with zero attached hydrogens (tertiary/aromatic N) is 3. The van der Waals surface area contributed by atoms with Crippen molar-refractivity contribution >= 4 is 5.91 Å². The molecule has 1 atom stereocenters. The summed E-state index contributed by atoms with van der Waals surface area (Å²) < 4.78 is 7.29. The summed E-state index contributed by atoms with van der Waals surface area (Å²) in [4.78, 5) is 12.3. The van der Waals surface area contributed by atoms with E-state index in [1.54, 1.807) is 4.68 Å². The molecule has 0 saturated carbocycles. The second-order valence-corrected chi connectivity index (χ2v) is 6.26. The minimum atomic E-state index is -0.215. The third-order valence-electron chi connectivity index (χ3n) is 3.68. The van der Waals surface area contributed by atoms with Gasteiger partial charge in [-0.25, -0.2) is 4.68 Å². The third kappa shape index (κ3) is 5.03. The van der Waals surface area contributed by atoms with Crippen LogP contribution in [-0.2, 0) is 0 Å². The highest BCUT2D eigenvalue weighted by Crippen LogP contribution is 2.18. The number of aromatic nitrogens is 3. The van der Waals surface area contributed by atoms with Crippen LogP contribution in [0, 0.1) is 6.92 Å². The smallest absolute Gasteiger partial charge is 0.273 e. The molecule has 0 aliphatic heterocycles. The highest BCUT2D eigenvalue weighted by atomic mass is 16.5. The molecule has 0 fully saturated rings. The molecule has 7 heteroatoms. The molecule has 1 amide bonds. The topological polar surface area (TPSA) is 81.1 Å². The standard InChI is InChI=1S/C18H27N5O2/c1-6-19-13(4)11-20-18(24)17-14(5)23(22-21-17)15-7-9-16(10-8-15)25-12(2)3/h7-10,12-13,19H,6,11H2,1-5H3,(H,20,24)/t13-/m1/s1. The molecule has 0 radical (unpaired) electrons. The maximum Gasteiger partial charge on any atom is 0.273 e. The Hall–Kier alpha value is -2.41. The number of carbonyl (C=O) groups excluding carboxylic acids is 1. The van der Waals surface area contributed by atoms with Crippen molar-refractivity contribution in [3.8, 4) is 11.4 Å². The molecule has 2 N–H and O–H groups in total. The highest BCUT2D eigenvalue weighted by molar-refractivity contribution is 5.93. The maximum atomic E-state index is 12.3. The number of hydrogen-bond donors (Lipinski definition) is 2. The number of nitrogens with one attached hydrogen (secondary N) is 2. The van der Waals surface area contributed by atoms with Gasteiger partial charge in [0.25, 0.3) is 5.91 Å². The summed E-state index contributed by atoms with van der Waals surface area (Å²) in [6.45, 7) is 11.3. The van der Waals surface area contributed by atoms with Crippen LogP contribution in [-0.4, -0.2) is 46.1 Å². The SMILES string of the molecule is CCN[C@H](C)CNC(=O)c1nnn(-c2ccc(OC(C)C)cc2)c1C. The van der Waals surface area contributed by atoms with Crippen molar-refractivity contribution in [3.05, 3.63) is 35.7 Å². The Morgan fingerprint density at radius 2 is 1.92 bits per heavy atom. The summed E-state index contributed by atoms with van der Waals surface area (Å²) in [6, 6.07) is 7.77. The van der Waals surface area contributed by atoms with Crippen molar-refractivity contribution in [3.63, 3.8) is 0 Å². The zero-order chi connectivity index (χ0) is 18.4. The van der Waals surface area contributed by atoms with Crippen LogP contribution in [0.5, 0.6) is 5.75 Å². The van der Waals surface area contributed by atoms with E-state index in [-0.39, 0.29) is 18.1 Å². The Bertz CT molecular complexity index is 694. The van der Waals surface area contributed by atoms with Crippen LogP contribution in [0.25, 0.3) is 5.69 Å². The van der Waals surface area contributed by atoms with Crippen LogP contribution in [0.4, 0.5) is 0 Å². The molecule has 0 bridgehead atoms. The van der Waals surface area contributed by atoms with E-state index in [4.69, 9.17) is 4.74 Å². The molecular formula is C18H27N5O2. The van der Waals surface area contributed by atoms with Crippen LogP contribution in [0.3, 0.4) is 0 Å².